The zero-order chi connectivity index (χ0) is 14.2. The van der Waals surface area contributed by atoms with Crippen LogP contribution in [0, 0.1) is 0 Å². The quantitative estimate of drug-likeness (QED) is 0.837. The maximum Gasteiger partial charge on any atom is 0.123 e. The van der Waals surface area contributed by atoms with Gasteiger partial charge in [0.15, 0.2) is 0 Å². The Hall–Kier alpha value is -1.06. The van der Waals surface area contributed by atoms with Crippen molar-refractivity contribution in [2.75, 3.05) is 13.7 Å². The first-order chi connectivity index (χ1) is 9.79. The lowest BCUT2D eigenvalue weighted by atomic mass is 10.0. The van der Waals surface area contributed by atoms with Gasteiger partial charge in [-0.3, -0.25) is 0 Å². The highest BCUT2D eigenvalue weighted by atomic mass is 16.5. The molecule has 1 aliphatic heterocycles. The van der Waals surface area contributed by atoms with Crippen LogP contribution in [0.25, 0.3) is 0 Å². The Balaban J connectivity index is 1.77. The third-order valence-electron chi connectivity index (χ3n) is 4.13. The van der Waals surface area contributed by atoms with Crippen LogP contribution < -0.4 is 15.4 Å². The Bertz CT molecular complexity index is 386. The summed E-state index contributed by atoms with van der Waals surface area (Å²) in [5, 5.41) is 7.29. The summed E-state index contributed by atoms with van der Waals surface area (Å²) in [4.78, 5) is 0. The highest BCUT2D eigenvalue weighted by Crippen LogP contribution is 2.17. The van der Waals surface area contributed by atoms with Gasteiger partial charge in [-0.05, 0) is 38.8 Å². The molecule has 2 N–H and O–H groups in total. The molecule has 2 unspecified atom stereocenters. The molecule has 0 amide bonds. The minimum atomic E-state index is 0.524. The molecule has 1 aromatic rings. The molecule has 1 saturated heterocycles. The number of benzene rings is 1. The van der Waals surface area contributed by atoms with Crippen molar-refractivity contribution in [3.05, 3.63) is 29.8 Å². The Kier molecular flexibility index (Phi) is 6.34. The van der Waals surface area contributed by atoms with Gasteiger partial charge in [0.2, 0.25) is 0 Å². The van der Waals surface area contributed by atoms with Crippen molar-refractivity contribution in [2.24, 2.45) is 0 Å². The molecule has 1 aromatic carbocycles. The van der Waals surface area contributed by atoms with Gasteiger partial charge in [-0.1, -0.05) is 31.0 Å². The van der Waals surface area contributed by atoms with E-state index >= 15 is 0 Å². The van der Waals surface area contributed by atoms with E-state index in [9.17, 15) is 0 Å². The molecule has 0 spiro atoms. The molecule has 0 radical (unpaired) electrons. The summed E-state index contributed by atoms with van der Waals surface area (Å²) in [6.07, 6.45) is 6.61. The number of rotatable bonds is 6. The first-order valence-corrected chi connectivity index (χ1v) is 7.88. The molecule has 0 saturated carbocycles. The number of para-hydroxylation sites is 1. The first kappa shape index (κ1) is 15.3. The maximum absolute atomic E-state index is 5.39. The van der Waals surface area contributed by atoms with Crippen LogP contribution in [0.2, 0.25) is 0 Å². The standard InChI is InChI=1S/C17H28N2O/c1-14(12-16-9-4-3-7-11-18-16)19-13-15-8-5-6-10-17(15)20-2/h5-6,8,10,14,16,18-19H,3-4,7,9,11-13H2,1-2H3. The number of hydrogen-bond acceptors (Lipinski definition) is 3. The highest BCUT2D eigenvalue weighted by molar-refractivity contribution is 5.32. The number of nitrogens with one attached hydrogen (secondary N) is 2. The topological polar surface area (TPSA) is 33.3 Å². The Morgan fingerprint density at radius 3 is 3.00 bits per heavy atom. The molecule has 2 rings (SSSR count). The van der Waals surface area contributed by atoms with E-state index in [0.717, 1.165) is 12.3 Å². The molecule has 2 atom stereocenters. The monoisotopic (exact) mass is 276 g/mol. The van der Waals surface area contributed by atoms with Crippen molar-refractivity contribution in [3.63, 3.8) is 0 Å². The van der Waals surface area contributed by atoms with E-state index in [4.69, 9.17) is 4.74 Å². The molecule has 0 bridgehead atoms. The van der Waals surface area contributed by atoms with Gasteiger partial charge in [0.05, 0.1) is 7.11 Å². The van der Waals surface area contributed by atoms with Crippen molar-refractivity contribution in [1.29, 1.82) is 0 Å². The van der Waals surface area contributed by atoms with Gasteiger partial charge in [0, 0.05) is 24.2 Å². The summed E-state index contributed by atoms with van der Waals surface area (Å²) in [5.41, 5.74) is 1.23. The molecule has 112 valence electrons. The van der Waals surface area contributed by atoms with Crippen LogP contribution in [0.3, 0.4) is 0 Å². The fourth-order valence-electron chi connectivity index (χ4n) is 2.95. The summed E-state index contributed by atoms with van der Waals surface area (Å²) in [7, 11) is 1.73. The molecule has 1 fully saturated rings. The lowest BCUT2D eigenvalue weighted by Crippen LogP contribution is -2.36. The smallest absolute Gasteiger partial charge is 0.123 e. The van der Waals surface area contributed by atoms with E-state index in [1.54, 1.807) is 7.11 Å². The van der Waals surface area contributed by atoms with E-state index in [2.05, 4.69) is 29.7 Å². The summed E-state index contributed by atoms with van der Waals surface area (Å²) in [6, 6.07) is 9.43. The van der Waals surface area contributed by atoms with E-state index in [1.165, 1.54) is 44.2 Å². The van der Waals surface area contributed by atoms with Gasteiger partial charge in [-0.2, -0.15) is 0 Å². The molecular formula is C17H28N2O. The van der Waals surface area contributed by atoms with Crippen molar-refractivity contribution < 1.29 is 4.74 Å². The molecule has 20 heavy (non-hydrogen) atoms. The van der Waals surface area contributed by atoms with Gasteiger partial charge in [0.25, 0.3) is 0 Å². The number of methoxy groups -OCH3 is 1. The maximum atomic E-state index is 5.39. The van der Waals surface area contributed by atoms with E-state index in [0.29, 0.717) is 12.1 Å². The van der Waals surface area contributed by atoms with Crippen LogP contribution in [0.4, 0.5) is 0 Å². The van der Waals surface area contributed by atoms with Gasteiger partial charge in [-0.25, -0.2) is 0 Å². The predicted molar refractivity (Wildman–Crippen MR) is 84.2 cm³/mol. The van der Waals surface area contributed by atoms with Crippen LogP contribution in [-0.4, -0.2) is 25.7 Å². The lowest BCUT2D eigenvalue weighted by Gasteiger charge is -2.22. The van der Waals surface area contributed by atoms with Gasteiger partial charge >= 0.3 is 0 Å². The van der Waals surface area contributed by atoms with E-state index < -0.39 is 0 Å². The summed E-state index contributed by atoms with van der Waals surface area (Å²) in [5.74, 6) is 0.972. The molecular weight excluding hydrogens is 248 g/mol. The summed E-state index contributed by atoms with van der Waals surface area (Å²) in [6.45, 7) is 4.34. The van der Waals surface area contributed by atoms with Crippen molar-refractivity contribution in [1.82, 2.24) is 10.6 Å². The molecule has 1 heterocycles. The van der Waals surface area contributed by atoms with Crippen LogP contribution in [-0.2, 0) is 6.54 Å². The normalized spacial score (nSPS) is 21.2. The molecule has 0 aromatic heterocycles. The van der Waals surface area contributed by atoms with Crippen LogP contribution in [0.15, 0.2) is 24.3 Å². The SMILES string of the molecule is COc1ccccc1CNC(C)CC1CCCCCN1. The average molecular weight is 276 g/mol. The minimum absolute atomic E-state index is 0.524. The van der Waals surface area contributed by atoms with E-state index in [1.807, 2.05) is 12.1 Å². The third-order valence-corrected chi connectivity index (χ3v) is 4.13. The number of hydrogen-bond donors (Lipinski definition) is 2. The second-order valence-electron chi connectivity index (χ2n) is 5.83. The third kappa shape index (κ3) is 4.80. The van der Waals surface area contributed by atoms with Crippen LogP contribution >= 0.6 is 0 Å². The fourth-order valence-corrected chi connectivity index (χ4v) is 2.95. The average Bonchev–Trinajstić information content (AvgIpc) is 2.74. The minimum Gasteiger partial charge on any atom is -0.496 e. The number of ether oxygens (including phenoxy) is 1. The summed E-state index contributed by atoms with van der Waals surface area (Å²) < 4.78 is 5.39. The van der Waals surface area contributed by atoms with Gasteiger partial charge in [0.1, 0.15) is 5.75 Å². The van der Waals surface area contributed by atoms with Crippen LogP contribution in [0.5, 0.6) is 5.75 Å². The lowest BCUT2D eigenvalue weighted by molar-refractivity contribution is 0.389. The van der Waals surface area contributed by atoms with Gasteiger partial charge < -0.3 is 15.4 Å². The first-order valence-electron chi connectivity index (χ1n) is 7.88. The van der Waals surface area contributed by atoms with Crippen LogP contribution in [0.1, 0.15) is 44.6 Å². The van der Waals surface area contributed by atoms with Crippen molar-refractivity contribution in [2.45, 2.75) is 57.7 Å². The predicted octanol–water partition coefficient (Wildman–Crippen LogP) is 3.10. The Morgan fingerprint density at radius 2 is 2.15 bits per heavy atom. The zero-order valence-corrected chi connectivity index (χ0v) is 12.8. The molecule has 0 aliphatic carbocycles. The second kappa shape index (κ2) is 8.28. The van der Waals surface area contributed by atoms with Crippen molar-refractivity contribution in [3.8, 4) is 5.75 Å². The molecule has 3 heteroatoms. The van der Waals surface area contributed by atoms with Gasteiger partial charge in [-0.15, -0.1) is 0 Å². The Labute approximate surface area is 123 Å². The molecule has 1 aliphatic rings. The van der Waals surface area contributed by atoms with E-state index in [-0.39, 0.29) is 0 Å². The molecule has 3 nitrogen and oxygen atoms in total. The second-order valence-corrected chi connectivity index (χ2v) is 5.83. The highest BCUT2D eigenvalue weighted by Gasteiger charge is 2.14. The Morgan fingerprint density at radius 1 is 1.30 bits per heavy atom. The summed E-state index contributed by atoms with van der Waals surface area (Å²) >= 11 is 0. The fraction of sp³-hybridized carbons (Fsp3) is 0.647. The van der Waals surface area contributed by atoms with Crippen molar-refractivity contribution >= 4 is 0 Å². The largest absolute Gasteiger partial charge is 0.496 e. The zero-order valence-electron chi connectivity index (χ0n) is 12.8.